The van der Waals surface area contributed by atoms with Gasteiger partial charge in [0.05, 0.1) is 11.4 Å². The minimum Gasteiger partial charge on any atom is -0.326 e. The number of halogens is 1. The fourth-order valence-electron chi connectivity index (χ4n) is 3.41. The van der Waals surface area contributed by atoms with Crippen LogP contribution >= 0.6 is 15.9 Å². The molecule has 0 atom stereocenters. The third-order valence-electron chi connectivity index (χ3n) is 4.98. The average molecular weight is 448 g/mol. The van der Waals surface area contributed by atoms with Crippen LogP contribution in [0.15, 0.2) is 71.3 Å². The van der Waals surface area contributed by atoms with Crippen molar-refractivity contribution < 1.29 is 4.79 Å². The van der Waals surface area contributed by atoms with Crippen LogP contribution < -0.4 is 5.32 Å². The van der Waals surface area contributed by atoms with Crippen molar-refractivity contribution in [2.24, 2.45) is 0 Å². The molecule has 0 spiro atoms. The summed E-state index contributed by atoms with van der Waals surface area (Å²) in [5.74, 6) is -0.00698. The van der Waals surface area contributed by atoms with E-state index in [0.29, 0.717) is 12.8 Å². The molecule has 0 bridgehead atoms. The van der Waals surface area contributed by atoms with Gasteiger partial charge < -0.3 is 9.72 Å². The van der Waals surface area contributed by atoms with Gasteiger partial charge in [-0.05, 0) is 56.2 Å². The Morgan fingerprint density at radius 2 is 1.86 bits per heavy atom. The zero-order valence-electron chi connectivity index (χ0n) is 16.4. The number of aryl methyl sites for hydroxylation is 3. The fourth-order valence-corrected chi connectivity index (χ4v) is 3.65. The van der Waals surface area contributed by atoms with Crippen molar-refractivity contribution in [3.63, 3.8) is 0 Å². The number of pyridine rings is 1. The second-order valence-electron chi connectivity index (χ2n) is 7.21. The summed E-state index contributed by atoms with van der Waals surface area (Å²) in [4.78, 5) is 17.4. The Hall–Kier alpha value is -2.92. The van der Waals surface area contributed by atoms with E-state index in [4.69, 9.17) is 4.98 Å². The first-order valence-electron chi connectivity index (χ1n) is 9.60. The second-order valence-corrected chi connectivity index (χ2v) is 8.07. The summed E-state index contributed by atoms with van der Waals surface area (Å²) in [7, 11) is 0. The van der Waals surface area contributed by atoms with E-state index in [9.17, 15) is 4.79 Å². The molecule has 0 radical (unpaired) electrons. The molecule has 4 aromatic rings. The molecule has 0 unspecified atom stereocenters. The highest BCUT2D eigenvalue weighted by atomic mass is 79.9. The summed E-state index contributed by atoms with van der Waals surface area (Å²) in [5, 5.41) is 3.00. The van der Waals surface area contributed by atoms with E-state index in [0.717, 1.165) is 38.3 Å². The molecule has 2 heterocycles. The molecule has 1 N–H and O–H groups in total. The van der Waals surface area contributed by atoms with Crippen LogP contribution in [0.1, 0.15) is 23.2 Å². The van der Waals surface area contributed by atoms with Crippen molar-refractivity contribution in [2.75, 3.05) is 5.32 Å². The summed E-state index contributed by atoms with van der Waals surface area (Å²) >= 11 is 3.49. The Kier molecular flexibility index (Phi) is 5.49. The summed E-state index contributed by atoms with van der Waals surface area (Å²) in [5.41, 5.74) is 7.05. The number of amides is 1. The zero-order chi connectivity index (χ0) is 20.4. The molecule has 0 saturated heterocycles. The van der Waals surface area contributed by atoms with Crippen LogP contribution in [0.3, 0.4) is 0 Å². The lowest BCUT2D eigenvalue weighted by molar-refractivity contribution is -0.116. The number of nitrogens with zero attached hydrogens (tertiary/aromatic N) is 2. The van der Waals surface area contributed by atoms with Crippen molar-refractivity contribution in [1.82, 2.24) is 9.38 Å². The summed E-state index contributed by atoms with van der Waals surface area (Å²) in [6.45, 7) is 4.08. The van der Waals surface area contributed by atoms with Gasteiger partial charge in [-0.15, -0.1) is 0 Å². The summed E-state index contributed by atoms with van der Waals surface area (Å²) in [6, 6.07) is 20.1. The minimum atomic E-state index is -0.00698. The molecule has 0 aliphatic rings. The first-order valence-corrected chi connectivity index (χ1v) is 10.4. The third kappa shape index (κ3) is 4.25. The molecular formula is C24H22BrN3O. The van der Waals surface area contributed by atoms with Crippen LogP contribution in [0, 0.1) is 13.8 Å². The molecular weight excluding hydrogens is 426 g/mol. The lowest BCUT2D eigenvalue weighted by Crippen LogP contribution is -2.13. The minimum absolute atomic E-state index is 0.00698. The van der Waals surface area contributed by atoms with Crippen molar-refractivity contribution in [3.8, 4) is 11.3 Å². The monoisotopic (exact) mass is 447 g/mol. The second kappa shape index (κ2) is 8.21. The van der Waals surface area contributed by atoms with Gasteiger partial charge in [0.25, 0.3) is 0 Å². The normalized spacial score (nSPS) is 11.0. The SMILES string of the molecule is Cc1ccc(-c2nc3ccccn3c2CCC(=O)Nc2ccc(Br)c(C)c2)cc1. The summed E-state index contributed by atoms with van der Waals surface area (Å²) in [6.07, 6.45) is 3.00. The van der Waals surface area contributed by atoms with E-state index in [2.05, 4.69) is 56.8 Å². The van der Waals surface area contributed by atoms with E-state index in [1.807, 2.05) is 49.5 Å². The van der Waals surface area contributed by atoms with Gasteiger partial charge >= 0.3 is 0 Å². The molecule has 2 aromatic heterocycles. The molecule has 0 aliphatic heterocycles. The number of carbonyl (C=O) groups is 1. The van der Waals surface area contributed by atoms with Crippen LogP contribution in [0.2, 0.25) is 0 Å². The maximum atomic E-state index is 12.6. The van der Waals surface area contributed by atoms with Crippen molar-refractivity contribution >= 4 is 33.2 Å². The van der Waals surface area contributed by atoms with Gasteiger partial charge in [0, 0.05) is 28.3 Å². The molecule has 146 valence electrons. The number of nitrogens with one attached hydrogen (secondary N) is 1. The zero-order valence-corrected chi connectivity index (χ0v) is 18.0. The van der Waals surface area contributed by atoms with Gasteiger partial charge in [-0.1, -0.05) is 51.8 Å². The van der Waals surface area contributed by atoms with Crippen LogP contribution in [0.4, 0.5) is 5.69 Å². The van der Waals surface area contributed by atoms with Crippen molar-refractivity contribution in [1.29, 1.82) is 0 Å². The van der Waals surface area contributed by atoms with Crippen LogP contribution in [0.25, 0.3) is 16.9 Å². The molecule has 29 heavy (non-hydrogen) atoms. The molecule has 1 amide bonds. The third-order valence-corrected chi connectivity index (χ3v) is 5.87. The predicted molar refractivity (Wildman–Crippen MR) is 121 cm³/mol. The number of carbonyl (C=O) groups excluding carboxylic acids is 1. The van der Waals surface area contributed by atoms with Crippen LogP contribution in [0.5, 0.6) is 0 Å². The number of fused-ring (bicyclic) bond motifs is 1. The van der Waals surface area contributed by atoms with Gasteiger partial charge in [-0.3, -0.25) is 4.79 Å². The van der Waals surface area contributed by atoms with E-state index in [1.165, 1.54) is 5.56 Å². The highest BCUT2D eigenvalue weighted by molar-refractivity contribution is 9.10. The highest BCUT2D eigenvalue weighted by Gasteiger charge is 2.15. The Morgan fingerprint density at radius 1 is 1.07 bits per heavy atom. The standard InChI is InChI=1S/C24H22BrN3O/c1-16-6-8-18(9-7-16)24-21(28-14-4-3-5-22(28)27-24)12-13-23(29)26-19-10-11-20(25)17(2)15-19/h3-11,14-15H,12-13H2,1-2H3,(H,26,29). The molecule has 0 fully saturated rings. The Bertz CT molecular complexity index is 1180. The first kappa shape index (κ1) is 19.4. The van der Waals surface area contributed by atoms with Crippen molar-refractivity contribution in [2.45, 2.75) is 26.7 Å². The van der Waals surface area contributed by atoms with E-state index >= 15 is 0 Å². The van der Waals surface area contributed by atoms with Gasteiger partial charge in [0.2, 0.25) is 5.91 Å². The Balaban J connectivity index is 1.58. The van der Waals surface area contributed by atoms with Gasteiger partial charge in [-0.2, -0.15) is 0 Å². The molecule has 4 nitrogen and oxygen atoms in total. The largest absolute Gasteiger partial charge is 0.326 e. The van der Waals surface area contributed by atoms with Gasteiger partial charge in [0.1, 0.15) is 5.65 Å². The van der Waals surface area contributed by atoms with E-state index < -0.39 is 0 Å². The smallest absolute Gasteiger partial charge is 0.224 e. The first-order chi connectivity index (χ1) is 14.0. The maximum absolute atomic E-state index is 12.6. The highest BCUT2D eigenvalue weighted by Crippen LogP contribution is 2.26. The lowest BCUT2D eigenvalue weighted by atomic mass is 10.1. The number of aromatic nitrogens is 2. The number of imidazole rings is 1. The van der Waals surface area contributed by atoms with Gasteiger partial charge in [-0.25, -0.2) is 4.98 Å². The Morgan fingerprint density at radius 3 is 2.62 bits per heavy atom. The molecule has 4 rings (SSSR count). The van der Waals surface area contributed by atoms with Crippen LogP contribution in [-0.4, -0.2) is 15.3 Å². The van der Waals surface area contributed by atoms with Crippen LogP contribution in [-0.2, 0) is 11.2 Å². The predicted octanol–water partition coefficient (Wildman–Crippen LogP) is 5.95. The number of benzene rings is 2. The fraction of sp³-hybridized carbons (Fsp3) is 0.167. The number of rotatable bonds is 5. The van der Waals surface area contributed by atoms with E-state index in [1.54, 1.807) is 0 Å². The number of hydrogen-bond donors (Lipinski definition) is 1. The Labute approximate surface area is 178 Å². The molecule has 0 aliphatic carbocycles. The molecule has 2 aromatic carbocycles. The molecule has 0 saturated carbocycles. The quantitative estimate of drug-likeness (QED) is 0.410. The topological polar surface area (TPSA) is 46.4 Å². The number of anilines is 1. The number of hydrogen-bond acceptors (Lipinski definition) is 2. The van der Waals surface area contributed by atoms with Gasteiger partial charge in [0.15, 0.2) is 0 Å². The van der Waals surface area contributed by atoms with Crippen molar-refractivity contribution in [3.05, 3.63) is 88.2 Å². The lowest BCUT2D eigenvalue weighted by Gasteiger charge is -2.09. The average Bonchev–Trinajstić information content (AvgIpc) is 3.08. The van der Waals surface area contributed by atoms with E-state index in [-0.39, 0.29) is 5.91 Å². The molecule has 5 heteroatoms. The summed E-state index contributed by atoms with van der Waals surface area (Å²) < 4.78 is 3.11. The maximum Gasteiger partial charge on any atom is 0.224 e.